The molecule has 0 atom stereocenters. The Morgan fingerprint density at radius 1 is 1.50 bits per heavy atom. The van der Waals surface area contributed by atoms with Crippen LogP contribution in [0.4, 0.5) is 0 Å². The van der Waals surface area contributed by atoms with Crippen LogP contribution in [0.15, 0.2) is 0 Å². The zero-order valence-electron chi connectivity index (χ0n) is 10.6. The van der Waals surface area contributed by atoms with E-state index in [1.54, 1.807) is 6.92 Å². The Bertz CT molecular complexity index is 191. The summed E-state index contributed by atoms with van der Waals surface area (Å²) in [4.78, 5) is 0. The second-order valence-electron chi connectivity index (χ2n) is 0.911. The molecule has 0 aliphatic carbocycles. The predicted octanol–water partition coefficient (Wildman–Crippen LogP) is 1.74. The number of hydrogen-bond donors (Lipinski definition) is 1. The number of hydrogen-bond acceptors (Lipinski definition) is 3. The van der Waals surface area contributed by atoms with Crippen molar-refractivity contribution < 1.29 is 8.22 Å². The van der Waals surface area contributed by atoms with Crippen LogP contribution < -0.4 is 5.73 Å². The Kier molecular flexibility index (Phi) is 2.61. The largest absolute Gasteiger partial charge is 0.330 e. The fourth-order valence-electron chi connectivity index (χ4n) is 0.133. The van der Waals surface area contributed by atoms with Crippen molar-refractivity contribution in [2.75, 3.05) is 17.9 Å². The second-order valence-corrected chi connectivity index (χ2v) is 2.74. The summed E-state index contributed by atoms with van der Waals surface area (Å²) >= 11 is 0. The average Bonchev–Trinajstić information content (AvgIpc) is 1.99. The summed E-state index contributed by atoms with van der Waals surface area (Å²) in [5.74, 6) is 0. The van der Waals surface area contributed by atoms with Crippen LogP contribution in [0.2, 0.25) is 0 Å². The van der Waals surface area contributed by atoms with Gasteiger partial charge in [0.1, 0.15) is 0 Å². The van der Waals surface area contributed by atoms with E-state index < -0.39 is 17.9 Å². The Hall–Kier alpha value is 0.660. The lowest BCUT2D eigenvalue weighted by Crippen LogP contribution is -1.99. The first-order valence-electron chi connectivity index (χ1n) is 5.17. The van der Waals surface area contributed by atoms with Gasteiger partial charge in [-0.05, 0) is 6.42 Å². The molecule has 2 N–H and O–H groups in total. The normalized spacial score (nSPS) is 26.2. The number of nitrogens with two attached hydrogens (primary N) is 1. The van der Waals surface area contributed by atoms with Crippen molar-refractivity contribution in [3.05, 3.63) is 0 Å². The summed E-state index contributed by atoms with van der Waals surface area (Å²) < 4.78 is 43.3. The molecule has 0 aliphatic heterocycles. The molecule has 1 nitrogen and oxygen atoms in total. The zero-order chi connectivity index (χ0) is 11.6. The van der Waals surface area contributed by atoms with Gasteiger partial charge in [0.25, 0.3) is 0 Å². The molecule has 0 saturated carbocycles. The van der Waals surface area contributed by atoms with Gasteiger partial charge < -0.3 is 5.73 Å². The minimum atomic E-state index is -2.48. The summed E-state index contributed by atoms with van der Waals surface area (Å²) in [6, 6.07) is 0. The predicted molar refractivity (Wildman–Crippen MR) is 44.3 cm³/mol. The molecule has 50 valence electrons. The van der Waals surface area contributed by atoms with E-state index in [-0.39, 0.29) is 6.42 Å². The van der Waals surface area contributed by atoms with Crippen LogP contribution in [0.25, 0.3) is 0 Å². The molecule has 0 saturated heterocycles. The zero-order valence-corrected chi connectivity index (χ0v) is 6.23. The highest BCUT2D eigenvalue weighted by Crippen LogP contribution is 2.20. The van der Waals surface area contributed by atoms with E-state index in [0.717, 1.165) is 0 Å². The molecule has 0 spiro atoms. The molecule has 0 radical (unpaired) electrons. The van der Waals surface area contributed by atoms with E-state index in [4.69, 9.17) is 14.0 Å². The van der Waals surface area contributed by atoms with Crippen molar-refractivity contribution in [1.82, 2.24) is 0 Å². The lowest BCUT2D eigenvalue weighted by molar-refractivity contribution is 1.11. The third-order valence-corrected chi connectivity index (χ3v) is 1.89. The van der Waals surface area contributed by atoms with Gasteiger partial charge in [-0.15, -0.1) is 0 Å². The van der Waals surface area contributed by atoms with Gasteiger partial charge in [0.2, 0.25) is 0 Å². The summed E-state index contributed by atoms with van der Waals surface area (Å²) in [6.07, 6.45) is 0.230. The van der Waals surface area contributed by atoms with E-state index >= 15 is 0 Å². The maximum absolute atomic E-state index is 7.34. The van der Waals surface area contributed by atoms with Gasteiger partial charge in [-0.1, -0.05) is 28.5 Å². The molecule has 0 aromatic carbocycles. The Labute approximate surface area is 67.6 Å². The molecular weight excluding hydrogens is 138 g/mol. The van der Waals surface area contributed by atoms with Crippen LogP contribution in [0.1, 0.15) is 21.6 Å². The van der Waals surface area contributed by atoms with Crippen LogP contribution in [0.5, 0.6) is 0 Å². The van der Waals surface area contributed by atoms with E-state index in [1.807, 2.05) is 0 Å². The Balaban J connectivity index is 4.27. The molecule has 0 unspecified atom stereocenters. The molecule has 0 rings (SSSR count). The SMILES string of the molecule is [2H]C([2H])(CC)SSC([2H])([2H])C([2H])([2H])N. The molecule has 0 heterocycles. The topological polar surface area (TPSA) is 26.0 Å². The van der Waals surface area contributed by atoms with E-state index in [0.29, 0.717) is 21.6 Å². The standard InChI is InChI=1S/C5H13NS2/c1-2-4-7-8-5-3-6/h2-6H2,1H3/i3D2,4D2,5D2. The van der Waals surface area contributed by atoms with E-state index in [1.165, 1.54) is 0 Å². The van der Waals surface area contributed by atoms with Crippen molar-refractivity contribution >= 4 is 21.6 Å². The van der Waals surface area contributed by atoms with Crippen molar-refractivity contribution in [3.63, 3.8) is 0 Å². The number of rotatable bonds is 5. The van der Waals surface area contributed by atoms with Crippen LogP contribution in [-0.2, 0) is 0 Å². The van der Waals surface area contributed by atoms with Crippen LogP contribution in [0, 0.1) is 0 Å². The smallest absolute Gasteiger partial charge is 0.0434 e. The van der Waals surface area contributed by atoms with Gasteiger partial charge in [-0.25, -0.2) is 0 Å². The molecule has 0 aliphatic rings. The van der Waals surface area contributed by atoms with Gasteiger partial charge in [-0.2, -0.15) is 0 Å². The summed E-state index contributed by atoms with van der Waals surface area (Å²) in [6.45, 7) is -0.839. The maximum atomic E-state index is 7.34. The highest BCUT2D eigenvalue weighted by Gasteiger charge is 1.83. The van der Waals surface area contributed by atoms with Crippen LogP contribution in [0.3, 0.4) is 0 Å². The molecule has 3 heteroatoms. The summed E-state index contributed by atoms with van der Waals surface area (Å²) in [7, 11) is 1.16. The first kappa shape index (κ1) is 2.72. The maximum Gasteiger partial charge on any atom is 0.0434 e. The molecule has 0 bridgehead atoms. The second kappa shape index (κ2) is 7.66. The summed E-state index contributed by atoms with van der Waals surface area (Å²) in [5, 5.41) is 0. The minimum Gasteiger partial charge on any atom is -0.330 e. The van der Waals surface area contributed by atoms with Crippen molar-refractivity contribution in [2.24, 2.45) is 5.73 Å². The first-order valence-corrected chi connectivity index (χ1v) is 4.32. The molecule has 0 aromatic heterocycles. The summed E-state index contributed by atoms with van der Waals surface area (Å²) in [5.41, 5.74) is 1.11. The highest BCUT2D eigenvalue weighted by molar-refractivity contribution is 8.76. The van der Waals surface area contributed by atoms with Gasteiger partial charge in [0, 0.05) is 26.1 Å². The lowest BCUT2D eigenvalue weighted by atomic mass is 10.6. The van der Waals surface area contributed by atoms with E-state index in [9.17, 15) is 0 Å². The quantitative estimate of drug-likeness (QED) is 0.616. The highest BCUT2D eigenvalue weighted by atomic mass is 33.1. The van der Waals surface area contributed by atoms with E-state index in [2.05, 4.69) is 0 Å². The Morgan fingerprint density at radius 2 is 2.12 bits per heavy atom. The fraction of sp³-hybridized carbons (Fsp3) is 1.00. The lowest BCUT2D eigenvalue weighted by Gasteiger charge is -1.93. The third-order valence-electron chi connectivity index (χ3n) is 0.346. The average molecular weight is 157 g/mol. The molecule has 0 aromatic rings. The van der Waals surface area contributed by atoms with Crippen molar-refractivity contribution in [3.8, 4) is 0 Å². The molecule has 0 fully saturated rings. The Morgan fingerprint density at radius 3 is 2.62 bits per heavy atom. The molecule has 0 amide bonds. The molecular formula is C5H13NS2. The van der Waals surface area contributed by atoms with Crippen LogP contribution >= 0.6 is 21.6 Å². The van der Waals surface area contributed by atoms with Gasteiger partial charge in [0.15, 0.2) is 0 Å². The minimum absolute atomic E-state index is 0.230. The molecule has 8 heavy (non-hydrogen) atoms. The van der Waals surface area contributed by atoms with Gasteiger partial charge >= 0.3 is 0 Å². The van der Waals surface area contributed by atoms with Crippen molar-refractivity contribution in [1.29, 1.82) is 0 Å². The monoisotopic (exact) mass is 157 g/mol. The van der Waals surface area contributed by atoms with Crippen LogP contribution in [-0.4, -0.2) is 17.9 Å². The first-order chi connectivity index (χ1) is 6.02. The van der Waals surface area contributed by atoms with Crippen molar-refractivity contribution in [2.45, 2.75) is 13.3 Å². The third kappa shape index (κ3) is 6.66. The fourth-order valence-corrected chi connectivity index (χ4v) is 1.20. The van der Waals surface area contributed by atoms with Gasteiger partial charge in [-0.3, -0.25) is 0 Å². The van der Waals surface area contributed by atoms with Gasteiger partial charge in [0.05, 0.1) is 0 Å².